The summed E-state index contributed by atoms with van der Waals surface area (Å²) in [7, 11) is -2.28. The number of aromatic nitrogens is 2. The molecule has 3 amide bonds. The van der Waals surface area contributed by atoms with Crippen LogP contribution >= 0.6 is 11.3 Å². The van der Waals surface area contributed by atoms with E-state index in [-0.39, 0.29) is 55.7 Å². The Morgan fingerprint density at radius 2 is 1.81 bits per heavy atom. The molecular formula is C44H57N5O8S2. The van der Waals surface area contributed by atoms with E-state index in [1.54, 1.807) is 18.1 Å². The summed E-state index contributed by atoms with van der Waals surface area (Å²) >= 11 is 1.49. The average Bonchev–Trinajstić information content (AvgIpc) is 4.08. The van der Waals surface area contributed by atoms with E-state index >= 15 is 0 Å². The normalized spacial score (nSPS) is 23.9. The minimum absolute atomic E-state index is 0.00153. The monoisotopic (exact) mass is 847 g/mol. The topological polar surface area (TPSA) is 165 Å². The van der Waals surface area contributed by atoms with Gasteiger partial charge in [-0.2, -0.15) is 0 Å². The third kappa shape index (κ3) is 9.06. The number of benzene rings is 1. The lowest BCUT2D eigenvalue weighted by atomic mass is 9.77. The van der Waals surface area contributed by atoms with Crippen LogP contribution < -0.4 is 14.2 Å². The summed E-state index contributed by atoms with van der Waals surface area (Å²) in [5.41, 5.74) is 0.261. The number of hydrogen-bond donors (Lipinski definition) is 1. The van der Waals surface area contributed by atoms with E-state index in [1.807, 2.05) is 55.3 Å². The molecule has 4 heterocycles. The van der Waals surface area contributed by atoms with Crippen LogP contribution in [0.25, 0.3) is 21.6 Å². The Morgan fingerprint density at radius 1 is 1.08 bits per heavy atom. The van der Waals surface area contributed by atoms with Gasteiger partial charge in [0.1, 0.15) is 28.3 Å². The minimum atomic E-state index is -3.86. The van der Waals surface area contributed by atoms with Crippen molar-refractivity contribution >= 4 is 55.8 Å². The predicted octanol–water partition coefficient (Wildman–Crippen LogP) is 6.66. The number of likely N-dealkylation sites (tertiary alicyclic amines) is 2. The van der Waals surface area contributed by atoms with E-state index in [0.717, 1.165) is 30.0 Å². The van der Waals surface area contributed by atoms with Crippen LogP contribution in [0.1, 0.15) is 104 Å². The first-order valence-electron chi connectivity index (χ1n) is 20.8. The molecule has 0 bridgehead atoms. The molecule has 1 N–H and O–H groups in total. The van der Waals surface area contributed by atoms with Crippen molar-refractivity contribution in [2.45, 2.75) is 116 Å². The smallest absolute Gasteiger partial charge is 0.240 e. The quantitative estimate of drug-likeness (QED) is 0.164. The number of carbonyl (C=O) groups excluding carboxylic acids is 4. The number of hydrogen-bond acceptors (Lipinski definition) is 11. The second-order valence-electron chi connectivity index (χ2n) is 18.2. The molecule has 1 aromatic carbocycles. The minimum Gasteiger partial charge on any atom is -0.497 e. The molecule has 2 aliphatic carbocycles. The Labute approximate surface area is 351 Å². The maximum atomic E-state index is 14.9. The number of rotatable bonds is 15. The number of Topliss-reactive ketones (excluding diaryl/α,β-unsaturated/α-hetero) is 1. The number of methoxy groups -OCH3 is 1. The third-order valence-corrected chi connectivity index (χ3v) is 15.2. The first-order chi connectivity index (χ1) is 27.9. The van der Waals surface area contributed by atoms with E-state index in [0.29, 0.717) is 54.0 Å². The van der Waals surface area contributed by atoms with Gasteiger partial charge in [-0.3, -0.25) is 23.9 Å². The lowest BCUT2D eigenvalue weighted by Crippen LogP contribution is -2.49. The third-order valence-electron chi connectivity index (χ3n) is 12.5. The van der Waals surface area contributed by atoms with Crippen LogP contribution in [-0.4, -0.2) is 95.8 Å². The van der Waals surface area contributed by atoms with Crippen molar-refractivity contribution in [1.82, 2.24) is 24.5 Å². The van der Waals surface area contributed by atoms with Gasteiger partial charge in [-0.15, -0.1) is 17.9 Å². The van der Waals surface area contributed by atoms with Crippen LogP contribution in [0.2, 0.25) is 0 Å². The van der Waals surface area contributed by atoms with E-state index in [1.165, 1.54) is 11.3 Å². The van der Waals surface area contributed by atoms with Crippen molar-refractivity contribution in [3.8, 4) is 22.2 Å². The number of pyridine rings is 1. The molecule has 2 saturated heterocycles. The summed E-state index contributed by atoms with van der Waals surface area (Å²) in [6.45, 7) is 15.2. The van der Waals surface area contributed by atoms with Gasteiger partial charge in [-0.1, -0.05) is 40.7 Å². The Hall–Kier alpha value is -4.37. The van der Waals surface area contributed by atoms with Gasteiger partial charge < -0.3 is 19.3 Å². The number of amides is 3. The van der Waals surface area contributed by atoms with Gasteiger partial charge in [0.2, 0.25) is 27.7 Å². The van der Waals surface area contributed by atoms with Gasteiger partial charge in [0, 0.05) is 55.3 Å². The number of nitrogens with one attached hydrogen (secondary N) is 1. The zero-order valence-electron chi connectivity index (χ0n) is 35.0. The number of allylic oxidation sites excluding steroid dienone is 1. The van der Waals surface area contributed by atoms with Crippen molar-refractivity contribution in [3.63, 3.8) is 0 Å². The molecule has 5 atom stereocenters. The molecule has 0 unspecified atom stereocenters. The highest BCUT2D eigenvalue weighted by molar-refractivity contribution is 7.90. The average molecular weight is 848 g/mol. The van der Waals surface area contributed by atoms with Crippen molar-refractivity contribution in [2.24, 2.45) is 22.7 Å². The summed E-state index contributed by atoms with van der Waals surface area (Å²) in [6.07, 6.45) is 4.95. The lowest BCUT2D eigenvalue weighted by Gasteiger charge is -2.36. The van der Waals surface area contributed by atoms with Crippen molar-refractivity contribution in [3.05, 3.63) is 48.0 Å². The molecule has 0 spiro atoms. The van der Waals surface area contributed by atoms with Crippen LogP contribution in [0.4, 0.5) is 0 Å². The SMILES string of the molecule is C=C[C@@H]1C[C@]1(CC(=O)[C@@H]1C[C@@H](Oc2cc(-c3nc(C(C)C)cs3)nc3cc(OC)ccc23)CN1C(=O)[C@@H](CC(=O)N1CCCCC1)C(C)(C)C)C(=O)NS(=O)(=O)C1CC1. The number of thiazole rings is 1. The Kier molecular flexibility index (Phi) is 12.0. The molecule has 4 fully saturated rings. The molecule has 0 radical (unpaired) electrons. The molecule has 15 heteroatoms. The van der Waals surface area contributed by atoms with E-state index in [9.17, 15) is 27.6 Å². The van der Waals surface area contributed by atoms with Crippen LogP contribution in [0.5, 0.6) is 11.5 Å². The number of ketones is 1. The van der Waals surface area contributed by atoms with E-state index in [4.69, 9.17) is 19.4 Å². The second-order valence-corrected chi connectivity index (χ2v) is 21.0. The second kappa shape index (κ2) is 16.6. The summed E-state index contributed by atoms with van der Waals surface area (Å²) in [6, 6.07) is 6.36. The van der Waals surface area contributed by atoms with Gasteiger partial charge in [0.05, 0.1) is 47.5 Å². The molecule has 3 aromatic rings. The van der Waals surface area contributed by atoms with Gasteiger partial charge in [-0.25, -0.2) is 18.4 Å². The van der Waals surface area contributed by atoms with E-state index < -0.39 is 56.0 Å². The number of fused-ring (bicyclic) bond motifs is 1. The fourth-order valence-electron chi connectivity index (χ4n) is 8.51. The fraction of sp³-hybridized carbons (Fsp3) is 0.591. The van der Waals surface area contributed by atoms with Gasteiger partial charge >= 0.3 is 0 Å². The van der Waals surface area contributed by atoms with Crippen LogP contribution in [0.3, 0.4) is 0 Å². The van der Waals surface area contributed by atoms with Gasteiger partial charge in [-0.05, 0) is 67.9 Å². The molecule has 7 rings (SSSR count). The summed E-state index contributed by atoms with van der Waals surface area (Å²) in [4.78, 5) is 70.2. The highest BCUT2D eigenvalue weighted by Gasteiger charge is 2.61. The van der Waals surface area contributed by atoms with Crippen LogP contribution in [0.15, 0.2) is 42.3 Å². The van der Waals surface area contributed by atoms with Crippen molar-refractivity contribution in [2.75, 3.05) is 26.7 Å². The zero-order valence-corrected chi connectivity index (χ0v) is 36.6. The largest absolute Gasteiger partial charge is 0.497 e. The maximum absolute atomic E-state index is 14.9. The number of nitrogens with zero attached hydrogens (tertiary/aromatic N) is 4. The molecule has 318 valence electrons. The Morgan fingerprint density at radius 3 is 2.42 bits per heavy atom. The fourth-order valence-corrected chi connectivity index (χ4v) is 10.8. The summed E-state index contributed by atoms with van der Waals surface area (Å²) in [5.74, 6) is -1.28. The molecule has 2 aliphatic heterocycles. The molecule has 59 heavy (non-hydrogen) atoms. The maximum Gasteiger partial charge on any atom is 0.240 e. The number of ether oxygens (including phenoxy) is 2. The predicted molar refractivity (Wildman–Crippen MR) is 226 cm³/mol. The van der Waals surface area contributed by atoms with Crippen molar-refractivity contribution < 1.29 is 37.1 Å². The Bertz CT molecular complexity index is 2240. The Balaban J connectivity index is 1.22. The molecule has 2 aromatic heterocycles. The van der Waals surface area contributed by atoms with Crippen LogP contribution in [0, 0.1) is 22.7 Å². The first kappa shape index (κ1) is 42.7. The number of carbonyl (C=O) groups is 4. The molecule has 2 saturated carbocycles. The van der Waals surface area contributed by atoms with Gasteiger partial charge in [0.15, 0.2) is 5.78 Å². The van der Waals surface area contributed by atoms with E-state index in [2.05, 4.69) is 25.1 Å². The number of piperidine rings is 1. The molecule has 13 nitrogen and oxygen atoms in total. The first-order valence-corrected chi connectivity index (χ1v) is 23.3. The molecule has 4 aliphatic rings. The van der Waals surface area contributed by atoms with Crippen molar-refractivity contribution in [1.29, 1.82) is 0 Å². The van der Waals surface area contributed by atoms with Gasteiger partial charge in [0.25, 0.3) is 0 Å². The highest BCUT2D eigenvalue weighted by atomic mass is 32.2. The van der Waals surface area contributed by atoms with Crippen LogP contribution in [-0.2, 0) is 29.2 Å². The lowest BCUT2D eigenvalue weighted by molar-refractivity contribution is -0.148. The zero-order chi connectivity index (χ0) is 42.4. The highest BCUT2D eigenvalue weighted by Crippen LogP contribution is 2.57. The standard InChI is InChI=1S/C44H57N5O8S2/c1-8-27-22-44(27,42(53)47-59(54,55)30-13-14-30)23-37(50)36-19-29(24-49(36)41(52)32(43(4,5)6)20-39(51)48-16-10-9-11-17-48)57-38-21-34(40-46-35(25-58-40)26(2)3)45-33-18-28(56-7)12-15-31(33)38/h8,12,15,18,21,25-27,29-30,32,36H,1,9-11,13-14,16-17,19-20,22-24H2,2-7H3,(H,47,53)/t27-,29-,32-,36+,44-/m1/s1. The molecular weight excluding hydrogens is 791 g/mol. The number of sulfonamides is 1. The summed E-state index contributed by atoms with van der Waals surface area (Å²) < 4.78 is 40.3. The summed E-state index contributed by atoms with van der Waals surface area (Å²) in [5, 5.41) is 2.84.